The molecule has 4 heteroatoms. The van der Waals surface area contributed by atoms with Crippen molar-refractivity contribution in [2.75, 3.05) is 26.2 Å². The Bertz CT molecular complexity index is 386. The van der Waals surface area contributed by atoms with Crippen LogP contribution in [0.2, 0.25) is 0 Å². The van der Waals surface area contributed by atoms with Crippen LogP contribution in [0.15, 0.2) is 12.3 Å². The minimum atomic E-state index is 0.610. The molecule has 4 nitrogen and oxygen atoms in total. The second kappa shape index (κ2) is 7.79. The van der Waals surface area contributed by atoms with Gasteiger partial charge in [0.25, 0.3) is 0 Å². The summed E-state index contributed by atoms with van der Waals surface area (Å²) >= 11 is 0. The summed E-state index contributed by atoms with van der Waals surface area (Å²) in [7, 11) is 1.98. The largest absolute Gasteiger partial charge is 0.314 e. The fraction of sp³-hybridized carbons (Fsp3) is 0.812. The Kier molecular flexibility index (Phi) is 6.05. The number of likely N-dealkylation sites (tertiary alicyclic amines) is 1. The maximum atomic E-state index is 4.42. The lowest BCUT2D eigenvalue weighted by molar-refractivity contribution is 0.151. The fourth-order valence-electron chi connectivity index (χ4n) is 3.21. The Morgan fingerprint density at radius 1 is 1.50 bits per heavy atom. The van der Waals surface area contributed by atoms with Crippen LogP contribution in [0.1, 0.15) is 38.8 Å². The van der Waals surface area contributed by atoms with Crippen molar-refractivity contribution in [3.05, 3.63) is 18.0 Å². The highest BCUT2D eigenvalue weighted by atomic mass is 15.2. The first kappa shape index (κ1) is 15.5. The number of piperidine rings is 1. The normalized spacial score (nSPS) is 22.1. The van der Waals surface area contributed by atoms with Gasteiger partial charge in [-0.15, -0.1) is 0 Å². The predicted octanol–water partition coefficient (Wildman–Crippen LogP) is 2.06. The molecule has 1 aliphatic heterocycles. The zero-order valence-electron chi connectivity index (χ0n) is 13.3. The van der Waals surface area contributed by atoms with Gasteiger partial charge < -0.3 is 10.2 Å². The first-order valence-electron chi connectivity index (χ1n) is 8.13. The molecule has 2 heterocycles. The number of rotatable bonds is 7. The first-order valence-corrected chi connectivity index (χ1v) is 8.13. The monoisotopic (exact) mass is 278 g/mol. The summed E-state index contributed by atoms with van der Waals surface area (Å²) < 4.78 is 1.88. The van der Waals surface area contributed by atoms with E-state index in [1.54, 1.807) is 0 Å². The van der Waals surface area contributed by atoms with Crippen LogP contribution < -0.4 is 5.32 Å². The molecule has 1 aromatic rings. The molecule has 1 N–H and O–H groups in total. The van der Waals surface area contributed by atoms with Crippen LogP contribution in [0.4, 0.5) is 0 Å². The minimum absolute atomic E-state index is 0.610. The van der Waals surface area contributed by atoms with Crippen molar-refractivity contribution < 1.29 is 0 Å². The van der Waals surface area contributed by atoms with E-state index in [4.69, 9.17) is 0 Å². The van der Waals surface area contributed by atoms with Gasteiger partial charge in [-0.2, -0.15) is 5.10 Å². The van der Waals surface area contributed by atoms with Crippen LogP contribution in [0.5, 0.6) is 0 Å². The van der Waals surface area contributed by atoms with Crippen molar-refractivity contribution in [3.8, 4) is 0 Å². The van der Waals surface area contributed by atoms with E-state index in [1.165, 1.54) is 44.6 Å². The van der Waals surface area contributed by atoms with E-state index >= 15 is 0 Å². The lowest BCUT2D eigenvalue weighted by Gasteiger charge is -2.36. The van der Waals surface area contributed by atoms with Crippen LogP contribution in [0, 0.1) is 5.92 Å². The zero-order valence-corrected chi connectivity index (χ0v) is 13.3. The van der Waals surface area contributed by atoms with E-state index in [2.05, 4.69) is 35.2 Å². The molecule has 1 saturated heterocycles. The molecule has 2 atom stereocenters. The van der Waals surface area contributed by atoms with E-state index < -0.39 is 0 Å². The van der Waals surface area contributed by atoms with Crippen molar-refractivity contribution in [1.29, 1.82) is 0 Å². The molecular weight excluding hydrogens is 248 g/mol. The summed E-state index contributed by atoms with van der Waals surface area (Å²) in [5, 5.41) is 8.12. The molecule has 0 aliphatic carbocycles. The maximum Gasteiger partial charge on any atom is 0.0637 e. The van der Waals surface area contributed by atoms with Gasteiger partial charge in [0.05, 0.1) is 5.69 Å². The van der Waals surface area contributed by atoms with Gasteiger partial charge >= 0.3 is 0 Å². The van der Waals surface area contributed by atoms with Crippen LogP contribution in [-0.4, -0.2) is 46.9 Å². The van der Waals surface area contributed by atoms with Crippen LogP contribution in [-0.2, 0) is 13.5 Å². The highest BCUT2D eigenvalue weighted by molar-refractivity contribution is 4.99. The molecule has 0 aromatic carbocycles. The lowest BCUT2D eigenvalue weighted by Crippen LogP contribution is -2.45. The van der Waals surface area contributed by atoms with E-state index in [9.17, 15) is 0 Å². The maximum absolute atomic E-state index is 4.42. The van der Waals surface area contributed by atoms with Crippen LogP contribution >= 0.6 is 0 Å². The number of hydrogen-bond donors (Lipinski definition) is 1. The second-order valence-corrected chi connectivity index (χ2v) is 6.18. The summed E-state index contributed by atoms with van der Waals surface area (Å²) in [6.45, 7) is 9.48. The summed E-state index contributed by atoms with van der Waals surface area (Å²) in [5.74, 6) is 0.805. The quantitative estimate of drug-likeness (QED) is 0.829. The van der Waals surface area contributed by atoms with Gasteiger partial charge in [0.2, 0.25) is 0 Å². The summed E-state index contributed by atoms with van der Waals surface area (Å²) in [6, 6.07) is 2.72. The number of aryl methyl sites for hydroxylation is 1. The van der Waals surface area contributed by atoms with E-state index in [0.29, 0.717) is 6.04 Å². The number of nitrogens with one attached hydrogen (secondary N) is 1. The number of nitrogens with zero attached hydrogens (tertiary/aromatic N) is 3. The molecule has 0 spiro atoms. The molecule has 0 saturated carbocycles. The van der Waals surface area contributed by atoms with Crippen molar-refractivity contribution >= 4 is 0 Å². The van der Waals surface area contributed by atoms with Crippen molar-refractivity contribution in [3.63, 3.8) is 0 Å². The highest BCUT2D eigenvalue weighted by Gasteiger charge is 2.23. The second-order valence-electron chi connectivity index (χ2n) is 6.18. The topological polar surface area (TPSA) is 33.1 Å². The molecule has 0 amide bonds. The smallest absolute Gasteiger partial charge is 0.0637 e. The zero-order chi connectivity index (χ0) is 14.4. The molecule has 0 bridgehead atoms. The van der Waals surface area contributed by atoms with Gasteiger partial charge in [0.1, 0.15) is 0 Å². The molecule has 2 unspecified atom stereocenters. The Hall–Kier alpha value is -0.870. The molecule has 1 aromatic heterocycles. The molecule has 114 valence electrons. The highest BCUT2D eigenvalue weighted by Crippen LogP contribution is 2.19. The summed E-state index contributed by atoms with van der Waals surface area (Å²) in [6.07, 6.45) is 7.04. The van der Waals surface area contributed by atoms with Gasteiger partial charge in [0, 0.05) is 38.8 Å². The Morgan fingerprint density at radius 2 is 2.35 bits per heavy atom. The minimum Gasteiger partial charge on any atom is -0.314 e. The van der Waals surface area contributed by atoms with Gasteiger partial charge in [0.15, 0.2) is 0 Å². The predicted molar refractivity (Wildman–Crippen MR) is 83.8 cm³/mol. The van der Waals surface area contributed by atoms with Gasteiger partial charge in [-0.05, 0) is 51.3 Å². The number of aromatic nitrogens is 2. The van der Waals surface area contributed by atoms with Gasteiger partial charge in [-0.1, -0.05) is 6.92 Å². The van der Waals surface area contributed by atoms with E-state index in [-0.39, 0.29) is 0 Å². The van der Waals surface area contributed by atoms with E-state index in [1.807, 2.05) is 17.9 Å². The number of hydrogen-bond acceptors (Lipinski definition) is 3. The van der Waals surface area contributed by atoms with Crippen molar-refractivity contribution in [2.45, 2.75) is 45.6 Å². The third kappa shape index (κ3) is 4.60. The average Bonchev–Trinajstić information content (AvgIpc) is 2.85. The molecular formula is C16H30N4. The molecule has 20 heavy (non-hydrogen) atoms. The SMILES string of the molecule is CCCN1CCCC(C(C)NCCc2ccn(C)n2)C1. The lowest BCUT2D eigenvalue weighted by atomic mass is 9.91. The average molecular weight is 278 g/mol. The molecule has 2 rings (SSSR count). The Balaban J connectivity index is 1.69. The molecule has 1 fully saturated rings. The first-order chi connectivity index (χ1) is 9.69. The Morgan fingerprint density at radius 3 is 3.05 bits per heavy atom. The van der Waals surface area contributed by atoms with Crippen LogP contribution in [0.3, 0.4) is 0 Å². The molecule has 1 aliphatic rings. The summed E-state index contributed by atoms with van der Waals surface area (Å²) in [5.41, 5.74) is 1.18. The van der Waals surface area contributed by atoms with Crippen LogP contribution in [0.25, 0.3) is 0 Å². The fourth-order valence-corrected chi connectivity index (χ4v) is 3.21. The standard InChI is InChI=1S/C16H30N4/c1-4-10-20-11-5-6-15(13-20)14(2)17-9-7-16-8-12-19(3)18-16/h8,12,14-15,17H,4-7,9-11,13H2,1-3H3. The van der Waals surface area contributed by atoms with Gasteiger partial charge in [-0.25, -0.2) is 0 Å². The molecule has 0 radical (unpaired) electrons. The van der Waals surface area contributed by atoms with Crippen molar-refractivity contribution in [1.82, 2.24) is 20.0 Å². The van der Waals surface area contributed by atoms with Gasteiger partial charge in [-0.3, -0.25) is 4.68 Å². The third-order valence-corrected chi connectivity index (χ3v) is 4.41. The summed E-state index contributed by atoms with van der Waals surface area (Å²) in [4.78, 5) is 2.63. The van der Waals surface area contributed by atoms with E-state index in [0.717, 1.165) is 18.9 Å². The Labute approximate surface area is 123 Å². The van der Waals surface area contributed by atoms with Crippen molar-refractivity contribution in [2.24, 2.45) is 13.0 Å². The third-order valence-electron chi connectivity index (χ3n) is 4.41.